The Balaban J connectivity index is 1.96. The molecule has 1 aromatic rings. The fourth-order valence-corrected chi connectivity index (χ4v) is 2.50. The van der Waals surface area contributed by atoms with Crippen molar-refractivity contribution in [2.45, 2.75) is 32.3 Å². The van der Waals surface area contributed by atoms with Crippen LogP contribution in [0.4, 0.5) is 0 Å². The van der Waals surface area contributed by atoms with Gasteiger partial charge in [0.1, 0.15) is 0 Å². The number of hydrogen-bond donors (Lipinski definition) is 0. The first-order valence-electron chi connectivity index (χ1n) is 6.79. The highest BCUT2D eigenvalue weighted by Crippen LogP contribution is 2.20. The molecule has 1 aliphatic heterocycles. The fourth-order valence-electron chi connectivity index (χ4n) is 2.50. The number of ether oxygens (including phenoxy) is 1. The Hall–Kier alpha value is -0.860. The molecule has 2 rings (SSSR count). The average Bonchev–Trinajstić information content (AvgIpc) is 2.40. The zero-order chi connectivity index (χ0) is 11.9. The largest absolute Gasteiger partial charge is 0.372 e. The molecule has 0 bridgehead atoms. The van der Waals surface area contributed by atoms with Crippen LogP contribution in [-0.2, 0) is 4.74 Å². The summed E-state index contributed by atoms with van der Waals surface area (Å²) in [6.45, 7) is 6.37. The number of nitrogens with zero attached hydrogens (tertiary/aromatic N) is 1. The van der Waals surface area contributed by atoms with E-state index in [0.29, 0.717) is 0 Å². The van der Waals surface area contributed by atoms with E-state index >= 15 is 0 Å². The number of likely N-dealkylation sites (tertiary alicyclic amines) is 1. The normalized spacial score (nSPS) is 19.1. The third-order valence-electron chi connectivity index (χ3n) is 3.41. The van der Waals surface area contributed by atoms with E-state index in [9.17, 15) is 0 Å². The highest BCUT2D eigenvalue weighted by atomic mass is 16.5. The van der Waals surface area contributed by atoms with Gasteiger partial charge < -0.3 is 9.64 Å². The van der Waals surface area contributed by atoms with E-state index in [2.05, 4.69) is 42.2 Å². The molecule has 2 nitrogen and oxygen atoms in total. The van der Waals surface area contributed by atoms with Crippen molar-refractivity contribution in [1.82, 2.24) is 4.90 Å². The van der Waals surface area contributed by atoms with Crippen LogP contribution in [0, 0.1) is 0 Å². The van der Waals surface area contributed by atoms with Crippen molar-refractivity contribution in [2.24, 2.45) is 0 Å². The van der Waals surface area contributed by atoms with Gasteiger partial charge in [0.15, 0.2) is 0 Å². The minimum Gasteiger partial charge on any atom is -0.372 e. The minimum absolute atomic E-state index is 0.235. The Morgan fingerprint density at radius 3 is 2.47 bits per heavy atom. The van der Waals surface area contributed by atoms with Crippen molar-refractivity contribution in [3.63, 3.8) is 0 Å². The van der Waals surface area contributed by atoms with Gasteiger partial charge in [0.05, 0.1) is 6.10 Å². The van der Waals surface area contributed by atoms with Crippen LogP contribution in [-0.4, -0.2) is 31.1 Å². The van der Waals surface area contributed by atoms with Crippen LogP contribution in [0.1, 0.15) is 37.9 Å². The molecule has 1 aromatic carbocycles. The van der Waals surface area contributed by atoms with Gasteiger partial charge >= 0.3 is 0 Å². The number of rotatable bonds is 5. The molecule has 1 heterocycles. The van der Waals surface area contributed by atoms with Crippen molar-refractivity contribution in [2.75, 3.05) is 26.2 Å². The second-order valence-electron chi connectivity index (χ2n) is 4.72. The van der Waals surface area contributed by atoms with E-state index in [0.717, 1.165) is 13.2 Å². The monoisotopic (exact) mass is 233 g/mol. The Bertz CT molecular complexity index is 306. The van der Waals surface area contributed by atoms with Gasteiger partial charge in [-0.1, -0.05) is 36.8 Å². The smallest absolute Gasteiger partial charge is 0.0951 e. The molecular formula is C15H23NO. The van der Waals surface area contributed by atoms with Crippen molar-refractivity contribution in [1.29, 1.82) is 0 Å². The summed E-state index contributed by atoms with van der Waals surface area (Å²) in [6, 6.07) is 10.6. The first kappa shape index (κ1) is 12.6. The molecule has 0 spiro atoms. The molecule has 1 saturated heterocycles. The molecule has 0 radical (unpaired) electrons. The molecule has 0 aromatic heterocycles. The predicted molar refractivity (Wildman–Crippen MR) is 71.1 cm³/mol. The fraction of sp³-hybridized carbons (Fsp3) is 0.600. The third-order valence-corrected chi connectivity index (χ3v) is 3.41. The summed E-state index contributed by atoms with van der Waals surface area (Å²) in [5.41, 5.74) is 1.31. The van der Waals surface area contributed by atoms with E-state index in [1.807, 2.05) is 0 Å². The molecule has 0 N–H and O–H groups in total. The van der Waals surface area contributed by atoms with Gasteiger partial charge in [0.2, 0.25) is 0 Å². The van der Waals surface area contributed by atoms with Crippen LogP contribution in [0.25, 0.3) is 0 Å². The van der Waals surface area contributed by atoms with Crippen molar-refractivity contribution >= 4 is 0 Å². The highest BCUT2D eigenvalue weighted by Gasteiger charge is 2.17. The summed E-state index contributed by atoms with van der Waals surface area (Å²) in [5.74, 6) is 0. The van der Waals surface area contributed by atoms with Gasteiger partial charge in [-0.05, 0) is 38.4 Å². The number of benzene rings is 1. The SMILES string of the molecule is CCO[C@@H](CN1CCCCC1)c1ccccc1. The molecule has 94 valence electrons. The van der Waals surface area contributed by atoms with Gasteiger partial charge in [-0.15, -0.1) is 0 Å². The molecule has 1 aliphatic rings. The summed E-state index contributed by atoms with van der Waals surface area (Å²) >= 11 is 0. The first-order chi connectivity index (χ1) is 8.40. The zero-order valence-corrected chi connectivity index (χ0v) is 10.8. The summed E-state index contributed by atoms with van der Waals surface area (Å²) in [4.78, 5) is 2.54. The van der Waals surface area contributed by atoms with Crippen LogP contribution in [0.5, 0.6) is 0 Å². The van der Waals surface area contributed by atoms with Gasteiger partial charge in [-0.2, -0.15) is 0 Å². The topological polar surface area (TPSA) is 12.5 Å². The van der Waals surface area contributed by atoms with Gasteiger partial charge in [-0.3, -0.25) is 0 Å². The molecule has 0 unspecified atom stereocenters. The Kier molecular flexibility index (Phi) is 5.02. The lowest BCUT2D eigenvalue weighted by Gasteiger charge is -2.30. The van der Waals surface area contributed by atoms with Gasteiger partial charge in [-0.25, -0.2) is 0 Å². The lowest BCUT2D eigenvalue weighted by molar-refractivity contribution is 0.0279. The zero-order valence-electron chi connectivity index (χ0n) is 10.8. The summed E-state index contributed by atoms with van der Waals surface area (Å²) in [7, 11) is 0. The molecule has 0 aliphatic carbocycles. The summed E-state index contributed by atoms with van der Waals surface area (Å²) in [5, 5.41) is 0. The van der Waals surface area contributed by atoms with Crippen LogP contribution >= 0.6 is 0 Å². The Morgan fingerprint density at radius 2 is 1.82 bits per heavy atom. The van der Waals surface area contributed by atoms with Crippen LogP contribution in [0.3, 0.4) is 0 Å². The van der Waals surface area contributed by atoms with Crippen molar-refractivity contribution in [3.05, 3.63) is 35.9 Å². The van der Waals surface area contributed by atoms with E-state index in [-0.39, 0.29) is 6.10 Å². The maximum Gasteiger partial charge on any atom is 0.0951 e. The first-order valence-corrected chi connectivity index (χ1v) is 6.79. The highest BCUT2D eigenvalue weighted by molar-refractivity contribution is 5.18. The summed E-state index contributed by atoms with van der Waals surface area (Å²) in [6.07, 6.45) is 4.31. The molecular weight excluding hydrogens is 210 g/mol. The quantitative estimate of drug-likeness (QED) is 0.774. The standard InChI is InChI=1S/C15H23NO/c1-2-17-15(14-9-5-3-6-10-14)13-16-11-7-4-8-12-16/h3,5-6,9-10,15H,2,4,7-8,11-13H2,1H3/t15-/m0/s1. The lowest BCUT2D eigenvalue weighted by atomic mass is 10.1. The molecule has 0 amide bonds. The molecule has 2 heteroatoms. The van der Waals surface area contributed by atoms with Crippen molar-refractivity contribution < 1.29 is 4.74 Å². The minimum atomic E-state index is 0.235. The Labute approximate surface area is 105 Å². The maximum absolute atomic E-state index is 5.89. The van der Waals surface area contributed by atoms with Crippen LogP contribution < -0.4 is 0 Å². The molecule has 1 atom stereocenters. The maximum atomic E-state index is 5.89. The third kappa shape index (κ3) is 3.83. The predicted octanol–water partition coefficient (Wildman–Crippen LogP) is 3.25. The van der Waals surface area contributed by atoms with Gasteiger partial charge in [0, 0.05) is 13.2 Å². The lowest BCUT2D eigenvalue weighted by Crippen LogP contribution is -2.34. The van der Waals surface area contributed by atoms with Crippen molar-refractivity contribution in [3.8, 4) is 0 Å². The average molecular weight is 233 g/mol. The number of hydrogen-bond acceptors (Lipinski definition) is 2. The molecule has 0 saturated carbocycles. The van der Waals surface area contributed by atoms with E-state index in [1.165, 1.54) is 37.9 Å². The van der Waals surface area contributed by atoms with E-state index in [4.69, 9.17) is 4.74 Å². The second-order valence-corrected chi connectivity index (χ2v) is 4.72. The summed E-state index contributed by atoms with van der Waals surface area (Å²) < 4.78 is 5.89. The van der Waals surface area contributed by atoms with E-state index in [1.54, 1.807) is 0 Å². The second kappa shape index (κ2) is 6.77. The number of piperidine rings is 1. The van der Waals surface area contributed by atoms with Gasteiger partial charge in [0.25, 0.3) is 0 Å². The van der Waals surface area contributed by atoms with Crippen LogP contribution in [0.2, 0.25) is 0 Å². The molecule has 1 fully saturated rings. The van der Waals surface area contributed by atoms with E-state index < -0.39 is 0 Å². The molecule has 17 heavy (non-hydrogen) atoms. The Morgan fingerprint density at radius 1 is 1.12 bits per heavy atom. The van der Waals surface area contributed by atoms with Crippen LogP contribution in [0.15, 0.2) is 30.3 Å².